The number of aromatic amines is 1. The Balaban J connectivity index is 1.87. The molecule has 0 unspecified atom stereocenters. The Kier molecular flexibility index (Phi) is 3.75. The van der Waals surface area contributed by atoms with E-state index < -0.39 is 0 Å². The number of H-pyrrole nitrogens is 1. The zero-order valence-electron chi connectivity index (χ0n) is 10.1. The molecule has 0 radical (unpaired) electrons. The number of nitrogens with one attached hydrogen (secondary N) is 1. The van der Waals surface area contributed by atoms with Gasteiger partial charge in [0, 0.05) is 26.2 Å². The number of amides is 2. The second-order valence-corrected chi connectivity index (χ2v) is 3.83. The van der Waals surface area contributed by atoms with Gasteiger partial charge in [0.25, 0.3) is 5.91 Å². The maximum Gasteiger partial charge on any atom is 0.409 e. The van der Waals surface area contributed by atoms with E-state index in [0.29, 0.717) is 38.5 Å². The van der Waals surface area contributed by atoms with Crippen LogP contribution in [0.3, 0.4) is 0 Å². The number of nitrogens with zero attached hydrogens (tertiary/aromatic N) is 4. The molecule has 98 valence electrons. The third-order valence-electron chi connectivity index (χ3n) is 2.73. The van der Waals surface area contributed by atoms with Crippen molar-refractivity contribution in [1.82, 2.24) is 25.2 Å². The quantitative estimate of drug-likeness (QED) is 0.782. The summed E-state index contributed by atoms with van der Waals surface area (Å²) >= 11 is 0. The maximum atomic E-state index is 11.9. The third kappa shape index (κ3) is 2.58. The molecule has 8 heteroatoms. The van der Waals surface area contributed by atoms with Gasteiger partial charge in [0.1, 0.15) is 0 Å². The fraction of sp³-hybridized carbons (Fsp3) is 0.600. The zero-order valence-corrected chi connectivity index (χ0v) is 10.1. The average molecular weight is 253 g/mol. The van der Waals surface area contributed by atoms with Crippen LogP contribution in [-0.2, 0) is 4.74 Å². The lowest BCUT2D eigenvalue weighted by molar-refractivity contribution is 0.0566. The SMILES string of the molecule is CCOC(=O)N1CCN(C(=O)c2cn[nH]n2)CC1. The molecule has 2 amide bonds. The summed E-state index contributed by atoms with van der Waals surface area (Å²) in [6.07, 6.45) is 1.06. The number of piperazine rings is 1. The van der Waals surface area contributed by atoms with Gasteiger partial charge < -0.3 is 14.5 Å². The van der Waals surface area contributed by atoms with Crippen LogP contribution in [-0.4, -0.2) is 70.0 Å². The molecule has 1 fully saturated rings. The number of carbonyl (C=O) groups excluding carboxylic acids is 2. The predicted molar refractivity (Wildman–Crippen MR) is 60.9 cm³/mol. The minimum absolute atomic E-state index is 0.174. The highest BCUT2D eigenvalue weighted by molar-refractivity contribution is 5.92. The van der Waals surface area contributed by atoms with Gasteiger partial charge in [-0.3, -0.25) is 4.79 Å². The highest BCUT2D eigenvalue weighted by Gasteiger charge is 2.26. The first-order valence-corrected chi connectivity index (χ1v) is 5.79. The maximum absolute atomic E-state index is 11.9. The molecule has 2 rings (SSSR count). The van der Waals surface area contributed by atoms with Gasteiger partial charge in [-0.05, 0) is 6.92 Å². The Morgan fingerprint density at radius 2 is 2.00 bits per heavy atom. The van der Waals surface area contributed by atoms with E-state index >= 15 is 0 Å². The standard InChI is InChI=1S/C10H15N5O3/c1-2-18-10(17)15-5-3-14(4-6-15)9(16)8-7-11-13-12-8/h7H,2-6H2,1H3,(H,11,12,13). The second kappa shape index (κ2) is 5.48. The van der Waals surface area contributed by atoms with E-state index in [0.717, 1.165) is 0 Å². The van der Waals surface area contributed by atoms with Crippen LogP contribution in [0.15, 0.2) is 6.20 Å². The molecule has 1 saturated heterocycles. The van der Waals surface area contributed by atoms with Crippen molar-refractivity contribution in [2.24, 2.45) is 0 Å². The van der Waals surface area contributed by atoms with Crippen LogP contribution in [0.2, 0.25) is 0 Å². The van der Waals surface area contributed by atoms with Crippen molar-refractivity contribution in [2.45, 2.75) is 6.92 Å². The van der Waals surface area contributed by atoms with E-state index in [1.807, 2.05) is 0 Å². The molecule has 0 saturated carbocycles. The summed E-state index contributed by atoms with van der Waals surface area (Å²) in [5, 5.41) is 9.74. The van der Waals surface area contributed by atoms with Crippen molar-refractivity contribution in [1.29, 1.82) is 0 Å². The second-order valence-electron chi connectivity index (χ2n) is 3.83. The Hall–Kier alpha value is -2.12. The number of hydrogen-bond donors (Lipinski definition) is 1. The minimum atomic E-state index is -0.328. The van der Waals surface area contributed by atoms with Crippen molar-refractivity contribution in [3.8, 4) is 0 Å². The number of rotatable bonds is 2. The minimum Gasteiger partial charge on any atom is -0.450 e. The van der Waals surface area contributed by atoms with Crippen LogP contribution in [0, 0.1) is 0 Å². The molecule has 2 heterocycles. The molecule has 18 heavy (non-hydrogen) atoms. The van der Waals surface area contributed by atoms with E-state index in [2.05, 4.69) is 15.4 Å². The molecule has 0 aliphatic carbocycles. The fourth-order valence-corrected chi connectivity index (χ4v) is 1.77. The molecule has 1 aliphatic rings. The van der Waals surface area contributed by atoms with Crippen LogP contribution in [0.5, 0.6) is 0 Å². The molecule has 1 aliphatic heterocycles. The van der Waals surface area contributed by atoms with E-state index in [4.69, 9.17) is 4.74 Å². The van der Waals surface area contributed by atoms with E-state index in [1.165, 1.54) is 6.20 Å². The van der Waals surface area contributed by atoms with Crippen molar-refractivity contribution >= 4 is 12.0 Å². The van der Waals surface area contributed by atoms with Gasteiger partial charge in [-0.25, -0.2) is 4.79 Å². The normalized spacial score (nSPS) is 15.6. The van der Waals surface area contributed by atoms with E-state index in [9.17, 15) is 9.59 Å². The van der Waals surface area contributed by atoms with Crippen LogP contribution >= 0.6 is 0 Å². The van der Waals surface area contributed by atoms with Crippen LogP contribution in [0.25, 0.3) is 0 Å². The molecule has 0 spiro atoms. The van der Waals surface area contributed by atoms with Crippen LogP contribution in [0.4, 0.5) is 4.79 Å². The molecular formula is C10H15N5O3. The van der Waals surface area contributed by atoms with E-state index in [1.54, 1.807) is 16.7 Å². The van der Waals surface area contributed by atoms with Gasteiger partial charge in [0.05, 0.1) is 12.8 Å². The third-order valence-corrected chi connectivity index (χ3v) is 2.73. The Bertz CT molecular complexity index is 411. The summed E-state index contributed by atoms with van der Waals surface area (Å²) in [7, 11) is 0. The smallest absolute Gasteiger partial charge is 0.409 e. The Labute approximate surface area is 104 Å². The van der Waals surface area contributed by atoms with Gasteiger partial charge in [0.2, 0.25) is 0 Å². The summed E-state index contributed by atoms with van der Waals surface area (Å²) in [6, 6.07) is 0. The molecule has 1 aromatic heterocycles. The molecule has 0 aromatic carbocycles. The summed E-state index contributed by atoms with van der Waals surface area (Å²) in [5.74, 6) is -0.174. The Morgan fingerprint density at radius 1 is 1.33 bits per heavy atom. The predicted octanol–water partition coefficient (Wildman–Crippen LogP) is -0.281. The highest BCUT2D eigenvalue weighted by Crippen LogP contribution is 2.07. The fourth-order valence-electron chi connectivity index (χ4n) is 1.77. The van der Waals surface area contributed by atoms with Gasteiger partial charge in [-0.15, -0.1) is 0 Å². The largest absolute Gasteiger partial charge is 0.450 e. The van der Waals surface area contributed by atoms with Gasteiger partial charge in [-0.1, -0.05) is 0 Å². The zero-order chi connectivity index (χ0) is 13.0. The summed E-state index contributed by atoms with van der Waals surface area (Å²) in [4.78, 5) is 26.6. The first-order chi connectivity index (χ1) is 8.72. The van der Waals surface area contributed by atoms with Crippen molar-refractivity contribution in [3.63, 3.8) is 0 Å². The Morgan fingerprint density at radius 3 is 2.56 bits per heavy atom. The van der Waals surface area contributed by atoms with Crippen LogP contribution < -0.4 is 0 Å². The van der Waals surface area contributed by atoms with Gasteiger partial charge in [0.15, 0.2) is 5.69 Å². The molecule has 1 N–H and O–H groups in total. The van der Waals surface area contributed by atoms with E-state index in [-0.39, 0.29) is 12.0 Å². The first kappa shape index (κ1) is 12.3. The lowest BCUT2D eigenvalue weighted by atomic mass is 10.3. The molecule has 0 bridgehead atoms. The highest BCUT2D eigenvalue weighted by atomic mass is 16.6. The van der Waals surface area contributed by atoms with Crippen molar-refractivity contribution < 1.29 is 14.3 Å². The van der Waals surface area contributed by atoms with Crippen molar-refractivity contribution in [3.05, 3.63) is 11.9 Å². The number of hydrogen-bond acceptors (Lipinski definition) is 5. The lowest BCUT2D eigenvalue weighted by Crippen LogP contribution is -2.50. The summed E-state index contributed by atoms with van der Waals surface area (Å²) in [5.41, 5.74) is 0.291. The number of aromatic nitrogens is 3. The topological polar surface area (TPSA) is 91.4 Å². The van der Waals surface area contributed by atoms with Gasteiger partial charge in [-0.2, -0.15) is 15.4 Å². The lowest BCUT2D eigenvalue weighted by Gasteiger charge is -2.33. The summed E-state index contributed by atoms with van der Waals surface area (Å²) < 4.78 is 4.91. The number of carbonyl (C=O) groups is 2. The average Bonchev–Trinajstić information content (AvgIpc) is 2.92. The summed E-state index contributed by atoms with van der Waals surface area (Å²) in [6.45, 7) is 4.03. The monoisotopic (exact) mass is 253 g/mol. The van der Waals surface area contributed by atoms with Crippen molar-refractivity contribution in [2.75, 3.05) is 32.8 Å². The molecular weight excluding hydrogens is 238 g/mol. The number of ether oxygens (including phenoxy) is 1. The first-order valence-electron chi connectivity index (χ1n) is 5.79. The molecule has 0 atom stereocenters. The van der Waals surface area contributed by atoms with Gasteiger partial charge >= 0.3 is 6.09 Å². The van der Waals surface area contributed by atoms with Crippen LogP contribution in [0.1, 0.15) is 17.4 Å². The molecule has 8 nitrogen and oxygen atoms in total. The molecule has 1 aromatic rings.